The average molecular weight is 399 g/mol. The Kier molecular flexibility index (Phi) is 5.57. The fourth-order valence-electron chi connectivity index (χ4n) is 3.35. The molecule has 6 nitrogen and oxygen atoms in total. The quantitative estimate of drug-likeness (QED) is 0.506. The predicted molar refractivity (Wildman–Crippen MR) is 115 cm³/mol. The van der Waals surface area contributed by atoms with Crippen LogP contribution in [0.3, 0.4) is 0 Å². The zero-order valence-electron chi connectivity index (χ0n) is 16.4. The molecular weight excluding hydrogens is 378 g/mol. The number of phenols is 1. The third-order valence-electron chi connectivity index (χ3n) is 4.81. The van der Waals surface area contributed by atoms with Gasteiger partial charge in [-0.15, -0.1) is 0 Å². The van der Waals surface area contributed by atoms with Crippen LogP contribution in [0.15, 0.2) is 79.3 Å². The van der Waals surface area contributed by atoms with Gasteiger partial charge in [0.1, 0.15) is 17.0 Å². The summed E-state index contributed by atoms with van der Waals surface area (Å²) in [5, 5.41) is 14.8. The highest BCUT2D eigenvalue weighted by Gasteiger charge is 2.22. The van der Waals surface area contributed by atoms with Crippen LogP contribution in [0.25, 0.3) is 10.9 Å². The Labute approximate surface area is 174 Å². The SMILES string of the molecule is CCOc1ccc([C@@H](NC(=O)c2cccnc2)c2ccc3cccnc3c2O)cc1. The van der Waals surface area contributed by atoms with E-state index in [4.69, 9.17) is 4.74 Å². The Morgan fingerprint density at radius 3 is 2.60 bits per heavy atom. The number of rotatable bonds is 6. The van der Waals surface area contributed by atoms with Gasteiger partial charge in [-0.05, 0) is 42.8 Å². The van der Waals surface area contributed by atoms with Crippen molar-refractivity contribution >= 4 is 16.8 Å². The number of hydrogen-bond acceptors (Lipinski definition) is 5. The van der Waals surface area contributed by atoms with E-state index in [-0.39, 0.29) is 11.7 Å². The summed E-state index contributed by atoms with van der Waals surface area (Å²) in [4.78, 5) is 21.2. The molecule has 0 aliphatic rings. The smallest absolute Gasteiger partial charge is 0.253 e. The largest absolute Gasteiger partial charge is 0.505 e. The second kappa shape index (κ2) is 8.61. The topological polar surface area (TPSA) is 84.3 Å². The number of hydrogen-bond donors (Lipinski definition) is 2. The second-order valence-electron chi connectivity index (χ2n) is 6.73. The first-order chi connectivity index (χ1) is 14.7. The summed E-state index contributed by atoms with van der Waals surface area (Å²) in [5.41, 5.74) is 2.29. The molecule has 0 bridgehead atoms. The summed E-state index contributed by atoms with van der Waals surface area (Å²) in [7, 11) is 0. The van der Waals surface area contributed by atoms with Crippen molar-refractivity contribution in [1.29, 1.82) is 0 Å². The molecule has 0 aliphatic heterocycles. The van der Waals surface area contributed by atoms with Gasteiger partial charge in [-0.3, -0.25) is 14.8 Å². The fraction of sp³-hybridized carbons (Fsp3) is 0.125. The van der Waals surface area contributed by atoms with Crippen LogP contribution in [0.1, 0.15) is 34.5 Å². The lowest BCUT2D eigenvalue weighted by molar-refractivity contribution is 0.0942. The minimum atomic E-state index is -0.584. The van der Waals surface area contributed by atoms with Gasteiger partial charge in [0.25, 0.3) is 5.91 Å². The normalized spacial score (nSPS) is 11.8. The molecule has 2 aromatic carbocycles. The molecule has 4 rings (SSSR count). The molecule has 0 saturated carbocycles. The highest BCUT2D eigenvalue weighted by molar-refractivity contribution is 5.94. The van der Waals surface area contributed by atoms with Crippen LogP contribution in [0.2, 0.25) is 0 Å². The molecule has 1 amide bonds. The van der Waals surface area contributed by atoms with Gasteiger partial charge in [0.05, 0.1) is 18.2 Å². The maximum atomic E-state index is 12.9. The summed E-state index contributed by atoms with van der Waals surface area (Å²) in [5.74, 6) is 0.490. The number of nitrogens with one attached hydrogen (secondary N) is 1. The number of ether oxygens (including phenoxy) is 1. The van der Waals surface area contributed by atoms with E-state index in [1.807, 2.05) is 55.5 Å². The molecule has 0 radical (unpaired) electrons. The number of fused-ring (bicyclic) bond motifs is 1. The molecule has 6 heteroatoms. The number of nitrogens with zero attached hydrogens (tertiary/aromatic N) is 2. The van der Waals surface area contributed by atoms with E-state index in [0.717, 1.165) is 16.7 Å². The van der Waals surface area contributed by atoms with E-state index in [1.54, 1.807) is 24.5 Å². The molecule has 4 aromatic rings. The molecule has 0 spiro atoms. The molecular formula is C24H21N3O3. The van der Waals surface area contributed by atoms with Crippen molar-refractivity contribution in [1.82, 2.24) is 15.3 Å². The van der Waals surface area contributed by atoms with E-state index in [9.17, 15) is 9.90 Å². The zero-order valence-corrected chi connectivity index (χ0v) is 16.4. The average Bonchev–Trinajstić information content (AvgIpc) is 2.80. The summed E-state index contributed by atoms with van der Waals surface area (Å²) in [6.45, 7) is 2.49. The number of aromatic nitrogens is 2. The van der Waals surface area contributed by atoms with Crippen LogP contribution >= 0.6 is 0 Å². The van der Waals surface area contributed by atoms with Crippen molar-refractivity contribution in [3.8, 4) is 11.5 Å². The number of benzene rings is 2. The zero-order chi connectivity index (χ0) is 20.9. The van der Waals surface area contributed by atoms with Gasteiger partial charge < -0.3 is 15.2 Å². The molecule has 2 heterocycles. The van der Waals surface area contributed by atoms with Crippen molar-refractivity contribution in [3.63, 3.8) is 0 Å². The van der Waals surface area contributed by atoms with Crippen molar-refractivity contribution in [3.05, 3.63) is 95.9 Å². The van der Waals surface area contributed by atoms with E-state index >= 15 is 0 Å². The number of carbonyl (C=O) groups is 1. The van der Waals surface area contributed by atoms with Crippen LogP contribution in [-0.2, 0) is 0 Å². The van der Waals surface area contributed by atoms with Gasteiger partial charge in [0.2, 0.25) is 0 Å². The Balaban J connectivity index is 1.77. The van der Waals surface area contributed by atoms with Gasteiger partial charge in [0.15, 0.2) is 0 Å². The van der Waals surface area contributed by atoms with Crippen molar-refractivity contribution in [2.45, 2.75) is 13.0 Å². The summed E-state index contributed by atoms with van der Waals surface area (Å²) < 4.78 is 5.52. The highest BCUT2D eigenvalue weighted by atomic mass is 16.5. The van der Waals surface area contributed by atoms with Crippen LogP contribution in [0, 0.1) is 0 Å². The number of phenolic OH excluding ortho intramolecular Hbond substituents is 1. The summed E-state index contributed by atoms with van der Waals surface area (Å²) in [6, 6.07) is 17.7. The lowest BCUT2D eigenvalue weighted by Gasteiger charge is -2.22. The van der Waals surface area contributed by atoms with Crippen LogP contribution in [-0.4, -0.2) is 27.6 Å². The van der Waals surface area contributed by atoms with Gasteiger partial charge >= 0.3 is 0 Å². The van der Waals surface area contributed by atoms with Crippen molar-refractivity contribution in [2.75, 3.05) is 6.61 Å². The summed E-state index contributed by atoms with van der Waals surface area (Å²) in [6.07, 6.45) is 4.75. The predicted octanol–water partition coefficient (Wildman–Crippen LogP) is 4.25. The van der Waals surface area contributed by atoms with Gasteiger partial charge in [-0.2, -0.15) is 0 Å². The van der Waals surface area contributed by atoms with Gasteiger partial charge in [0, 0.05) is 29.5 Å². The van der Waals surface area contributed by atoms with Crippen molar-refractivity contribution < 1.29 is 14.6 Å². The maximum absolute atomic E-state index is 12.9. The minimum absolute atomic E-state index is 0.0403. The van der Waals surface area contributed by atoms with Crippen LogP contribution < -0.4 is 10.1 Å². The molecule has 0 fully saturated rings. The number of pyridine rings is 2. The van der Waals surface area contributed by atoms with E-state index in [0.29, 0.717) is 23.3 Å². The Morgan fingerprint density at radius 1 is 1.07 bits per heavy atom. The van der Waals surface area contributed by atoms with Gasteiger partial charge in [-0.1, -0.05) is 30.3 Å². The molecule has 150 valence electrons. The van der Waals surface area contributed by atoms with Crippen LogP contribution in [0.4, 0.5) is 0 Å². The number of aromatic hydroxyl groups is 1. The molecule has 2 aromatic heterocycles. The molecule has 0 unspecified atom stereocenters. The monoisotopic (exact) mass is 399 g/mol. The molecule has 30 heavy (non-hydrogen) atoms. The molecule has 0 saturated heterocycles. The third-order valence-corrected chi connectivity index (χ3v) is 4.81. The highest BCUT2D eigenvalue weighted by Crippen LogP contribution is 2.35. The van der Waals surface area contributed by atoms with E-state index < -0.39 is 6.04 Å². The minimum Gasteiger partial charge on any atom is -0.505 e. The Hall–Kier alpha value is -3.93. The lowest BCUT2D eigenvalue weighted by Crippen LogP contribution is -2.29. The number of amides is 1. The first kappa shape index (κ1) is 19.4. The molecule has 1 atom stereocenters. The van der Waals surface area contributed by atoms with E-state index in [1.165, 1.54) is 6.20 Å². The lowest BCUT2D eigenvalue weighted by atomic mass is 9.96. The fourth-order valence-corrected chi connectivity index (χ4v) is 3.35. The molecule has 0 aliphatic carbocycles. The van der Waals surface area contributed by atoms with Crippen LogP contribution in [0.5, 0.6) is 11.5 Å². The van der Waals surface area contributed by atoms with Crippen molar-refractivity contribution in [2.24, 2.45) is 0 Å². The molecule has 2 N–H and O–H groups in total. The maximum Gasteiger partial charge on any atom is 0.253 e. The Morgan fingerprint density at radius 2 is 1.87 bits per heavy atom. The van der Waals surface area contributed by atoms with E-state index in [2.05, 4.69) is 15.3 Å². The third kappa shape index (κ3) is 3.93. The first-order valence-corrected chi connectivity index (χ1v) is 9.67. The number of carbonyl (C=O) groups excluding carboxylic acids is 1. The standard InChI is InChI=1S/C24H21N3O3/c1-2-30-19-10-7-17(8-11-19)21(27-24(29)18-6-3-13-25-15-18)20-12-9-16-5-4-14-26-22(16)23(20)28/h3-15,21,28H,2H2,1H3,(H,27,29)/t21-/m1/s1. The first-order valence-electron chi connectivity index (χ1n) is 9.67. The van der Waals surface area contributed by atoms with Gasteiger partial charge in [-0.25, -0.2) is 0 Å². The Bertz CT molecular complexity index is 1160. The summed E-state index contributed by atoms with van der Waals surface area (Å²) >= 11 is 0. The second-order valence-corrected chi connectivity index (χ2v) is 6.73.